The van der Waals surface area contributed by atoms with Gasteiger partial charge in [-0.15, -0.1) is 0 Å². The fraction of sp³-hybridized carbons (Fsp3) is 0.222. The van der Waals surface area contributed by atoms with Crippen LogP contribution in [0.15, 0.2) is 22.7 Å². The molecule has 6 heteroatoms. The van der Waals surface area contributed by atoms with Gasteiger partial charge in [0.25, 0.3) is 0 Å². The zero-order valence-corrected chi connectivity index (χ0v) is 9.23. The van der Waals surface area contributed by atoms with Crippen molar-refractivity contribution < 1.29 is 14.8 Å². The van der Waals surface area contributed by atoms with Crippen molar-refractivity contribution in [2.24, 2.45) is 0 Å². The Kier molecular flexibility index (Phi) is 3.79. The second-order valence-electron chi connectivity index (χ2n) is 2.89. The smallest absolute Gasteiger partial charge is 0.336 e. The maximum Gasteiger partial charge on any atom is 0.336 e. The lowest BCUT2D eigenvalue weighted by molar-refractivity contribution is -0.479. The van der Waals surface area contributed by atoms with Gasteiger partial charge < -0.3 is 5.11 Å². The van der Waals surface area contributed by atoms with E-state index in [0.29, 0.717) is 10.0 Å². The molecular formula is C9H8BrNO4. The zero-order chi connectivity index (χ0) is 11.4. The number of halogens is 1. The Morgan fingerprint density at radius 1 is 1.53 bits per heavy atom. The molecule has 0 saturated carbocycles. The second kappa shape index (κ2) is 4.88. The highest BCUT2D eigenvalue weighted by Crippen LogP contribution is 2.22. The van der Waals surface area contributed by atoms with Gasteiger partial charge in [0.05, 0.1) is 5.56 Å². The van der Waals surface area contributed by atoms with Crippen LogP contribution in [0.2, 0.25) is 0 Å². The summed E-state index contributed by atoms with van der Waals surface area (Å²) in [7, 11) is 0. The molecule has 1 rings (SSSR count). The molecular weight excluding hydrogens is 266 g/mol. The van der Waals surface area contributed by atoms with Gasteiger partial charge in [0, 0.05) is 15.8 Å². The van der Waals surface area contributed by atoms with Crippen LogP contribution in [0.25, 0.3) is 0 Å². The lowest BCUT2D eigenvalue weighted by atomic mass is 10.1. The molecule has 0 aliphatic rings. The van der Waals surface area contributed by atoms with Crippen LogP contribution < -0.4 is 0 Å². The van der Waals surface area contributed by atoms with Crippen LogP contribution in [0.1, 0.15) is 15.9 Å². The van der Waals surface area contributed by atoms with Gasteiger partial charge in [-0.3, -0.25) is 10.1 Å². The molecule has 1 aromatic carbocycles. The molecule has 80 valence electrons. The lowest BCUT2D eigenvalue weighted by Gasteiger charge is -2.04. The Morgan fingerprint density at radius 3 is 2.73 bits per heavy atom. The molecule has 0 spiro atoms. The highest BCUT2D eigenvalue weighted by atomic mass is 79.9. The molecule has 0 atom stereocenters. The SMILES string of the molecule is O=C(O)c1cccc(CC[N+](=O)[O-])c1Br. The largest absolute Gasteiger partial charge is 0.478 e. The van der Waals surface area contributed by atoms with E-state index in [1.165, 1.54) is 6.07 Å². The van der Waals surface area contributed by atoms with Crippen LogP contribution >= 0.6 is 15.9 Å². The highest BCUT2D eigenvalue weighted by Gasteiger charge is 2.12. The molecule has 0 fully saturated rings. The van der Waals surface area contributed by atoms with Crippen molar-refractivity contribution >= 4 is 21.9 Å². The summed E-state index contributed by atoms with van der Waals surface area (Å²) in [6.45, 7) is -0.207. The van der Waals surface area contributed by atoms with E-state index in [-0.39, 0.29) is 18.5 Å². The van der Waals surface area contributed by atoms with Gasteiger partial charge in [-0.2, -0.15) is 0 Å². The van der Waals surface area contributed by atoms with E-state index in [1.54, 1.807) is 12.1 Å². The third-order valence-electron chi connectivity index (χ3n) is 1.87. The predicted molar refractivity (Wildman–Crippen MR) is 56.7 cm³/mol. The number of nitrogens with zero attached hydrogens (tertiary/aromatic N) is 1. The number of rotatable bonds is 4. The number of carbonyl (C=O) groups is 1. The first-order valence-corrected chi connectivity index (χ1v) is 4.94. The van der Waals surface area contributed by atoms with Gasteiger partial charge in [-0.25, -0.2) is 4.79 Å². The first-order valence-electron chi connectivity index (χ1n) is 4.15. The molecule has 0 amide bonds. The number of carboxylic acids is 1. The van der Waals surface area contributed by atoms with Gasteiger partial charge >= 0.3 is 5.97 Å². The molecule has 0 aromatic heterocycles. The van der Waals surface area contributed by atoms with E-state index in [2.05, 4.69) is 15.9 Å². The number of nitro groups is 1. The molecule has 0 saturated heterocycles. The van der Waals surface area contributed by atoms with Gasteiger partial charge in [-0.05, 0) is 27.6 Å². The summed E-state index contributed by atoms with van der Waals surface area (Å²) in [6.07, 6.45) is 0.217. The molecule has 0 heterocycles. The van der Waals surface area contributed by atoms with Crippen molar-refractivity contribution in [2.45, 2.75) is 6.42 Å². The van der Waals surface area contributed by atoms with Gasteiger partial charge in [-0.1, -0.05) is 12.1 Å². The molecule has 0 aliphatic carbocycles. The van der Waals surface area contributed by atoms with Gasteiger partial charge in [0.2, 0.25) is 6.54 Å². The Morgan fingerprint density at radius 2 is 2.20 bits per heavy atom. The van der Waals surface area contributed by atoms with E-state index in [1.807, 2.05) is 0 Å². The number of aromatic carboxylic acids is 1. The molecule has 0 radical (unpaired) electrons. The molecule has 0 aliphatic heterocycles. The lowest BCUT2D eigenvalue weighted by Crippen LogP contribution is -2.06. The van der Waals surface area contributed by atoms with E-state index in [0.717, 1.165) is 0 Å². The second-order valence-corrected chi connectivity index (χ2v) is 3.68. The Bertz CT molecular complexity index is 405. The van der Waals surface area contributed by atoms with E-state index in [4.69, 9.17) is 5.11 Å². The monoisotopic (exact) mass is 273 g/mol. The fourth-order valence-electron chi connectivity index (χ4n) is 1.15. The van der Waals surface area contributed by atoms with Crippen LogP contribution in [0.4, 0.5) is 0 Å². The zero-order valence-electron chi connectivity index (χ0n) is 7.64. The predicted octanol–water partition coefficient (Wildman–Crippen LogP) is 1.97. The summed E-state index contributed by atoms with van der Waals surface area (Å²) in [4.78, 5) is 20.5. The number of benzene rings is 1. The average molecular weight is 274 g/mol. The normalized spacial score (nSPS) is 9.93. The van der Waals surface area contributed by atoms with Crippen molar-refractivity contribution in [3.8, 4) is 0 Å². The molecule has 1 N–H and O–H groups in total. The van der Waals surface area contributed by atoms with Crippen molar-refractivity contribution in [3.05, 3.63) is 43.9 Å². The summed E-state index contributed by atoms with van der Waals surface area (Å²) in [5, 5.41) is 19.0. The third-order valence-corrected chi connectivity index (χ3v) is 2.81. The van der Waals surface area contributed by atoms with Crippen LogP contribution in [0.3, 0.4) is 0 Å². The molecule has 0 bridgehead atoms. The standard InChI is InChI=1S/C9H8BrNO4/c10-8-6(4-5-11(14)15)2-1-3-7(8)9(12)13/h1-3H,4-5H2,(H,12,13). The van der Waals surface area contributed by atoms with E-state index >= 15 is 0 Å². The van der Waals surface area contributed by atoms with Crippen LogP contribution in [0, 0.1) is 10.1 Å². The number of hydrogen-bond donors (Lipinski definition) is 1. The maximum atomic E-state index is 10.7. The summed E-state index contributed by atoms with van der Waals surface area (Å²) in [5.74, 6) is -1.05. The Labute approximate surface area is 94.0 Å². The molecule has 5 nitrogen and oxygen atoms in total. The van der Waals surface area contributed by atoms with Crippen molar-refractivity contribution in [1.29, 1.82) is 0 Å². The molecule has 1 aromatic rings. The van der Waals surface area contributed by atoms with Gasteiger partial charge in [0.15, 0.2) is 0 Å². The first kappa shape index (κ1) is 11.6. The van der Waals surface area contributed by atoms with Crippen molar-refractivity contribution in [3.63, 3.8) is 0 Å². The quantitative estimate of drug-likeness (QED) is 0.672. The number of hydrogen-bond acceptors (Lipinski definition) is 3. The summed E-state index contributed by atoms with van der Waals surface area (Å²) >= 11 is 3.13. The summed E-state index contributed by atoms with van der Waals surface area (Å²) < 4.78 is 0.416. The summed E-state index contributed by atoms with van der Waals surface area (Å²) in [6, 6.07) is 4.69. The summed E-state index contributed by atoms with van der Waals surface area (Å²) in [5.41, 5.74) is 0.752. The number of carboxylic acid groups (broad SMARTS) is 1. The minimum absolute atomic E-state index is 0.121. The Balaban J connectivity index is 2.94. The topological polar surface area (TPSA) is 80.4 Å². The van der Waals surface area contributed by atoms with Crippen LogP contribution in [-0.4, -0.2) is 22.5 Å². The van der Waals surface area contributed by atoms with Crippen LogP contribution in [-0.2, 0) is 6.42 Å². The van der Waals surface area contributed by atoms with E-state index in [9.17, 15) is 14.9 Å². The van der Waals surface area contributed by atoms with Crippen molar-refractivity contribution in [1.82, 2.24) is 0 Å². The van der Waals surface area contributed by atoms with Crippen LogP contribution in [0.5, 0.6) is 0 Å². The fourth-order valence-corrected chi connectivity index (χ4v) is 1.78. The minimum Gasteiger partial charge on any atom is -0.478 e. The van der Waals surface area contributed by atoms with Gasteiger partial charge in [0.1, 0.15) is 0 Å². The maximum absolute atomic E-state index is 10.7. The first-order chi connectivity index (χ1) is 7.02. The highest BCUT2D eigenvalue weighted by molar-refractivity contribution is 9.10. The molecule has 0 unspecified atom stereocenters. The average Bonchev–Trinajstić information content (AvgIpc) is 2.15. The van der Waals surface area contributed by atoms with Crippen molar-refractivity contribution in [2.75, 3.05) is 6.54 Å². The Hall–Kier alpha value is -1.43. The van der Waals surface area contributed by atoms with E-state index < -0.39 is 10.9 Å². The third kappa shape index (κ3) is 3.02. The molecule has 15 heavy (non-hydrogen) atoms. The minimum atomic E-state index is -1.05.